The van der Waals surface area contributed by atoms with Crippen LogP contribution in [0.2, 0.25) is 0 Å². The molecule has 0 aliphatic carbocycles. The molecule has 6 heteroatoms. The lowest BCUT2D eigenvalue weighted by Crippen LogP contribution is -2.13. The van der Waals surface area contributed by atoms with Crippen LogP contribution in [0.5, 0.6) is 11.5 Å². The molecule has 0 aliphatic rings. The molecule has 5 nitrogen and oxygen atoms in total. The van der Waals surface area contributed by atoms with E-state index in [4.69, 9.17) is 14.6 Å². The minimum absolute atomic E-state index is 0.0779. The van der Waals surface area contributed by atoms with E-state index in [2.05, 4.69) is 0 Å². The number of ether oxygens (including phenoxy) is 2. The smallest absolute Gasteiger partial charge is 0.347 e. The van der Waals surface area contributed by atoms with Crippen LogP contribution in [0.4, 0.5) is 4.39 Å². The van der Waals surface area contributed by atoms with Crippen LogP contribution in [0.15, 0.2) is 42.5 Å². The van der Waals surface area contributed by atoms with Gasteiger partial charge in [0.15, 0.2) is 0 Å². The first-order valence-electron chi connectivity index (χ1n) is 6.39. The van der Waals surface area contributed by atoms with Crippen molar-refractivity contribution in [1.29, 1.82) is 0 Å². The molecule has 22 heavy (non-hydrogen) atoms. The van der Waals surface area contributed by atoms with Crippen molar-refractivity contribution in [2.24, 2.45) is 0 Å². The zero-order chi connectivity index (χ0) is 16.1. The van der Waals surface area contributed by atoms with E-state index < -0.39 is 17.8 Å². The molecule has 0 spiro atoms. The highest BCUT2D eigenvalue weighted by molar-refractivity contribution is 5.94. The van der Waals surface area contributed by atoms with Gasteiger partial charge in [0.1, 0.15) is 22.9 Å². The van der Waals surface area contributed by atoms with Gasteiger partial charge in [-0.2, -0.15) is 0 Å². The Labute approximate surface area is 125 Å². The van der Waals surface area contributed by atoms with Gasteiger partial charge in [-0.05, 0) is 35.9 Å². The number of carbonyl (C=O) groups excluding carboxylic acids is 2. The Kier molecular flexibility index (Phi) is 4.85. The Morgan fingerprint density at radius 3 is 2.36 bits per heavy atom. The largest absolute Gasteiger partial charge is 0.426 e. The monoisotopic (exact) mass is 304 g/mol. The molecule has 0 aliphatic heterocycles. The highest BCUT2D eigenvalue weighted by Crippen LogP contribution is 2.22. The van der Waals surface area contributed by atoms with Crippen LogP contribution < -0.4 is 9.47 Å². The number of benzene rings is 2. The Morgan fingerprint density at radius 2 is 1.77 bits per heavy atom. The molecule has 2 aromatic rings. The summed E-state index contributed by atoms with van der Waals surface area (Å²) in [5, 5.41) is 8.94. The van der Waals surface area contributed by atoms with E-state index in [0.29, 0.717) is 5.56 Å². The molecular weight excluding hydrogens is 291 g/mol. The van der Waals surface area contributed by atoms with Gasteiger partial charge in [0.2, 0.25) is 0 Å². The van der Waals surface area contributed by atoms with E-state index in [1.807, 2.05) is 0 Å². The summed E-state index contributed by atoms with van der Waals surface area (Å²) in [7, 11) is 0. The molecule has 114 valence electrons. The fraction of sp³-hybridized carbons (Fsp3) is 0.125. The summed E-state index contributed by atoms with van der Waals surface area (Å²) in [5.74, 6) is -2.00. The van der Waals surface area contributed by atoms with Gasteiger partial charge in [0.05, 0.1) is 6.61 Å². The second-order valence-corrected chi connectivity index (χ2v) is 4.43. The Balaban J connectivity index is 2.24. The fourth-order valence-electron chi connectivity index (χ4n) is 1.73. The number of hydrogen-bond acceptors (Lipinski definition) is 5. The summed E-state index contributed by atoms with van der Waals surface area (Å²) in [6.45, 7) is 1.04. The summed E-state index contributed by atoms with van der Waals surface area (Å²) in [6, 6.07) is 9.35. The summed E-state index contributed by atoms with van der Waals surface area (Å²) in [6.07, 6.45) is 0. The highest BCUT2D eigenvalue weighted by Gasteiger charge is 2.17. The van der Waals surface area contributed by atoms with Crippen molar-refractivity contribution in [3.63, 3.8) is 0 Å². The van der Waals surface area contributed by atoms with E-state index in [-0.39, 0.29) is 23.7 Å². The maximum atomic E-state index is 13.3. The van der Waals surface area contributed by atoms with Crippen molar-refractivity contribution in [3.8, 4) is 11.5 Å². The molecule has 0 fully saturated rings. The number of carbonyl (C=O) groups is 2. The van der Waals surface area contributed by atoms with Crippen LogP contribution in [0.3, 0.4) is 0 Å². The van der Waals surface area contributed by atoms with Crippen LogP contribution >= 0.6 is 0 Å². The lowest BCUT2D eigenvalue weighted by molar-refractivity contribution is -0.131. The first-order valence-corrected chi connectivity index (χ1v) is 6.39. The number of hydrogen-bond donors (Lipinski definition) is 1. The van der Waals surface area contributed by atoms with E-state index in [1.54, 1.807) is 12.1 Å². The Morgan fingerprint density at radius 1 is 1.09 bits per heavy atom. The average molecular weight is 304 g/mol. The number of halogens is 1. The quantitative estimate of drug-likeness (QED) is 0.694. The van der Waals surface area contributed by atoms with Crippen molar-refractivity contribution >= 4 is 11.9 Å². The minimum Gasteiger partial charge on any atom is -0.426 e. The van der Waals surface area contributed by atoms with Crippen LogP contribution in [0, 0.1) is 5.82 Å². The Bertz CT molecular complexity index is 694. The van der Waals surface area contributed by atoms with Crippen LogP contribution in [-0.4, -0.2) is 17.0 Å². The summed E-state index contributed by atoms with van der Waals surface area (Å²) < 4.78 is 23.3. The first kappa shape index (κ1) is 15.7. The average Bonchev–Trinajstić information content (AvgIpc) is 2.49. The van der Waals surface area contributed by atoms with Gasteiger partial charge in [-0.25, -0.2) is 9.18 Å². The normalized spacial score (nSPS) is 10.1. The van der Waals surface area contributed by atoms with Crippen molar-refractivity contribution in [3.05, 3.63) is 59.4 Å². The molecule has 0 saturated carbocycles. The van der Waals surface area contributed by atoms with Crippen molar-refractivity contribution < 1.29 is 28.6 Å². The van der Waals surface area contributed by atoms with Gasteiger partial charge < -0.3 is 14.6 Å². The molecular formula is C16H13FO5. The molecule has 0 aromatic heterocycles. The molecule has 1 N–H and O–H groups in total. The molecule has 0 atom stereocenters. The lowest BCUT2D eigenvalue weighted by Gasteiger charge is -2.09. The van der Waals surface area contributed by atoms with Crippen LogP contribution in [0.1, 0.15) is 22.8 Å². The SMILES string of the molecule is CC(=O)Oc1ccc(F)cc1C(=O)Oc1ccc(CO)cc1. The molecule has 2 aromatic carbocycles. The molecule has 0 amide bonds. The lowest BCUT2D eigenvalue weighted by atomic mass is 10.2. The predicted octanol–water partition coefficient (Wildman–Crippen LogP) is 2.46. The third kappa shape index (κ3) is 3.89. The summed E-state index contributed by atoms with van der Waals surface area (Å²) in [4.78, 5) is 23.1. The third-order valence-electron chi connectivity index (χ3n) is 2.73. The fourth-order valence-corrected chi connectivity index (χ4v) is 1.73. The van der Waals surface area contributed by atoms with E-state index in [9.17, 15) is 14.0 Å². The minimum atomic E-state index is -0.854. The van der Waals surface area contributed by atoms with Gasteiger partial charge in [-0.3, -0.25) is 4.79 Å². The predicted molar refractivity (Wildman–Crippen MR) is 75.0 cm³/mol. The molecule has 0 heterocycles. The number of esters is 2. The molecule has 2 rings (SSSR count). The van der Waals surface area contributed by atoms with Gasteiger partial charge in [0, 0.05) is 6.92 Å². The van der Waals surface area contributed by atoms with E-state index in [1.165, 1.54) is 25.1 Å². The number of aliphatic hydroxyl groups excluding tert-OH is 1. The van der Waals surface area contributed by atoms with Crippen molar-refractivity contribution in [2.45, 2.75) is 13.5 Å². The molecule has 0 saturated heterocycles. The van der Waals surface area contributed by atoms with Gasteiger partial charge in [0.25, 0.3) is 0 Å². The summed E-state index contributed by atoms with van der Waals surface area (Å²) >= 11 is 0. The van der Waals surface area contributed by atoms with Crippen molar-refractivity contribution in [1.82, 2.24) is 0 Å². The number of rotatable bonds is 4. The van der Waals surface area contributed by atoms with Crippen LogP contribution in [0.25, 0.3) is 0 Å². The third-order valence-corrected chi connectivity index (χ3v) is 2.73. The molecule has 0 radical (unpaired) electrons. The van der Waals surface area contributed by atoms with Gasteiger partial charge >= 0.3 is 11.9 Å². The second-order valence-electron chi connectivity index (χ2n) is 4.43. The highest BCUT2D eigenvalue weighted by atomic mass is 19.1. The maximum absolute atomic E-state index is 13.3. The van der Waals surface area contributed by atoms with Crippen molar-refractivity contribution in [2.75, 3.05) is 0 Å². The molecule has 0 unspecified atom stereocenters. The van der Waals surface area contributed by atoms with E-state index in [0.717, 1.165) is 12.1 Å². The number of aliphatic hydroxyl groups is 1. The first-order chi connectivity index (χ1) is 10.5. The Hall–Kier alpha value is -2.73. The standard InChI is InChI=1S/C16H13FO5/c1-10(19)21-15-7-4-12(17)8-14(15)16(20)22-13-5-2-11(9-18)3-6-13/h2-8,18H,9H2,1H3. The topological polar surface area (TPSA) is 72.8 Å². The molecule has 0 bridgehead atoms. The van der Waals surface area contributed by atoms with Gasteiger partial charge in [-0.1, -0.05) is 12.1 Å². The zero-order valence-electron chi connectivity index (χ0n) is 11.7. The van der Waals surface area contributed by atoms with Gasteiger partial charge in [-0.15, -0.1) is 0 Å². The van der Waals surface area contributed by atoms with Crippen LogP contribution in [-0.2, 0) is 11.4 Å². The summed E-state index contributed by atoms with van der Waals surface area (Å²) in [5.41, 5.74) is 0.465. The zero-order valence-corrected chi connectivity index (χ0v) is 11.7. The second kappa shape index (κ2) is 6.82. The maximum Gasteiger partial charge on any atom is 0.347 e. The van der Waals surface area contributed by atoms with E-state index >= 15 is 0 Å².